The lowest BCUT2D eigenvalue weighted by Crippen LogP contribution is -2.18. The fraction of sp³-hybridized carbons (Fsp3) is 0.462. The van der Waals surface area contributed by atoms with Gasteiger partial charge >= 0.3 is 11.9 Å². The Morgan fingerprint density at radius 3 is 2.62 bits per heavy atom. The number of hydrogen-bond donors (Lipinski definition) is 0. The first-order valence-electron chi connectivity index (χ1n) is 6.12. The van der Waals surface area contributed by atoms with Gasteiger partial charge in [-0.25, -0.2) is 4.79 Å². The van der Waals surface area contributed by atoms with Gasteiger partial charge in [0.2, 0.25) is 0 Å². The summed E-state index contributed by atoms with van der Waals surface area (Å²) in [4.78, 5) is 35.7. The molecule has 0 aliphatic rings. The zero-order valence-electron chi connectivity index (χ0n) is 11.9. The van der Waals surface area contributed by atoms with Crippen LogP contribution in [0.1, 0.15) is 19.8 Å². The minimum Gasteiger partial charge on any atom is -0.466 e. The summed E-state index contributed by atoms with van der Waals surface area (Å²) in [5.41, 5.74) is 8.21. The van der Waals surface area contributed by atoms with E-state index in [9.17, 15) is 14.4 Å². The van der Waals surface area contributed by atoms with Crippen LogP contribution in [0.4, 0.5) is 0 Å². The van der Waals surface area contributed by atoms with Crippen LogP contribution in [-0.2, 0) is 23.9 Å². The average molecular weight is 295 g/mol. The van der Waals surface area contributed by atoms with E-state index in [4.69, 9.17) is 10.3 Å². The van der Waals surface area contributed by atoms with Gasteiger partial charge in [0, 0.05) is 17.5 Å². The summed E-state index contributed by atoms with van der Waals surface area (Å²) < 4.78 is 9.47. The molecule has 8 nitrogen and oxygen atoms in total. The maximum atomic E-state index is 11.4. The predicted octanol–water partition coefficient (Wildman–Crippen LogP) is 1.86. The second kappa shape index (κ2) is 11.2. The minimum atomic E-state index is -0.657. The molecular weight excluding hydrogens is 278 g/mol. The zero-order valence-corrected chi connectivity index (χ0v) is 11.9. The topological polar surface area (TPSA) is 118 Å². The van der Waals surface area contributed by atoms with Crippen LogP contribution >= 0.6 is 0 Å². The lowest BCUT2D eigenvalue weighted by Gasteiger charge is -2.12. The van der Waals surface area contributed by atoms with Crippen LogP contribution < -0.4 is 0 Å². The Labute approximate surface area is 122 Å². The molecule has 0 aliphatic carbocycles. The van der Waals surface area contributed by atoms with Gasteiger partial charge in [-0.15, -0.1) is 0 Å². The molecule has 0 N–H and O–H groups in total. The maximum Gasteiger partial charge on any atom is 0.330 e. The monoisotopic (exact) mass is 295 g/mol. The standard InChI is InChI=1S/C13H17N3O5/c1-10(17)9-13(19)21-11(7-8-15-16-14)5-3-4-6-12(18)20-2/h3-6,11H,7-9H2,1-2H3/b5-3+,6-4+/t11-/m1/s1. The Morgan fingerprint density at radius 1 is 1.33 bits per heavy atom. The van der Waals surface area contributed by atoms with Crippen LogP contribution in [0.2, 0.25) is 0 Å². The summed E-state index contributed by atoms with van der Waals surface area (Å²) in [6.07, 6.45) is 4.94. The predicted molar refractivity (Wildman–Crippen MR) is 74.1 cm³/mol. The molecule has 0 unspecified atom stereocenters. The molecule has 1 atom stereocenters. The maximum absolute atomic E-state index is 11.4. The van der Waals surface area contributed by atoms with Crippen molar-refractivity contribution in [3.05, 3.63) is 34.7 Å². The highest BCUT2D eigenvalue weighted by Gasteiger charge is 2.12. The summed E-state index contributed by atoms with van der Waals surface area (Å²) in [6, 6.07) is 0. The highest BCUT2D eigenvalue weighted by atomic mass is 16.5. The highest BCUT2D eigenvalue weighted by molar-refractivity contribution is 5.94. The van der Waals surface area contributed by atoms with Crippen LogP contribution in [0.5, 0.6) is 0 Å². The van der Waals surface area contributed by atoms with Crippen LogP contribution in [-0.4, -0.2) is 37.5 Å². The van der Waals surface area contributed by atoms with Gasteiger partial charge in [0.15, 0.2) is 0 Å². The summed E-state index contributed by atoms with van der Waals surface area (Å²) in [5.74, 6) is -1.47. The van der Waals surface area contributed by atoms with Gasteiger partial charge in [-0.05, 0) is 25.0 Å². The number of allylic oxidation sites excluding steroid dienone is 2. The largest absolute Gasteiger partial charge is 0.466 e. The number of hydrogen-bond acceptors (Lipinski definition) is 6. The zero-order chi connectivity index (χ0) is 16.1. The molecule has 0 amide bonds. The number of azide groups is 1. The number of nitrogens with zero attached hydrogens (tertiary/aromatic N) is 3. The number of esters is 2. The fourth-order valence-corrected chi connectivity index (χ4v) is 1.23. The van der Waals surface area contributed by atoms with Crippen LogP contribution in [0.3, 0.4) is 0 Å². The third-order valence-electron chi connectivity index (χ3n) is 2.12. The normalized spacial score (nSPS) is 11.9. The Morgan fingerprint density at radius 2 is 2.05 bits per heavy atom. The van der Waals surface area contributed by atoms with Crippen molar-refractivity contribution in [2.24, 2.45) is 5.11 Å². The number of ketones is 1. The molecule has 21 heavy (non-hydrogen) atoms. The third kappa shape index (κ3) is 11.0. The second-order valence-electron chi connectivity index (χ2n) is 3.92. The van der Waals surface area contributed by atoms with Crippen LogP contribution in [0.25, 0.3) is 10.4 Å². The Hall–Kier alpha value is -2.60. The molecule has 0 spiro atoms. The highest BCUT2D eigenvalue weighted by Crippen LogP contribution is 2.04. The van der Waals surface area contributed by atoms with E-state index in [-0.39, 0.29) is 25.2 Å². The molecule has 0 radical (unpaired) electrons. The molecule has 0 aromatic rings. The van der Waals surface area contributed by atoms with E-state index in [1.807, 2.05) is 0 Å². The summed E-state index contributed by atoms with van der Waals surface area (Å²) >= 11 is 0. The summed E-state index contributed by atoms with van der Waals surface area (Å²) in [7, 11) is 1.25. The van der Waals surface area contributed by atoms with Crippen molar-refractivity contribution in [3.63, 3.8) is 0 Å². The van der Waals surface area contributed by atoms with Gasteiger partial charge in [0.1, 0.15) is 18.3 Å². The minimum absolute atomic E-state index is 0.138. The van der Waals surface area contributed by atoms with E-state index in [1.54, 1.807) is 0 Å². The third-order valence-corrected chi connectivity index (χ3v) is 2.12. The Balaban J connectivity index is 4.57. The van der Waals surface area contributed by atoms with Gasteiger partial charge in [-0.2, -0.15) is 0 Å². The van der Waals surface area contributed by atoms with Crippen molar-refractivity contribution in [2.45, 2.75) is 25.9 Å². The first-order chi connectivity index (χ1) is 9.99. The lowest BCUT2D eigenvalue weighted by atomic mass is 10.2. The number of rotatable bonds is 9. The van der Waals surface area contributed by atoms with Crippen molar-refractivity contribution >= 4 is 17.7 Å². The summed E-state index contributed by atoms with van der Waals surface area (Å²) in [5, 5.41) is 3.35. The number of carbonyl (C=O) groups is 3. The fourth-order valence-electron chi connectivity index (χ4n) is 1.23. The number of carbonyl (C=O) groups excluding carboxylic acids is 3. The van der Waals surface area contributed by atoms with Gasteiger partial charge in [0.05, 0.1) is 7.11 Å². The van der Waals surface area contributed by atoms with E-state index in [0.29, 0.717) is 0 Å². The van der Waals surface area contributed by atoms with Gasteiger partial charge in [0.25, 0.3) is 0 Å². The molecule has 0 saturated heterocycles. The van der Waals surface area contributed by atoms with Crippen molar-refractivity contribution in [1.82, 2.24) is 0 Å². The molecule has 0 heterocycles. The second-order valence-corrected chi connectivity index (χ2v) is 3.92. The van der Waals surface area contributed by atoms with Crippen molar-refractivity contribution in [1.29, 1.82) is 0 Å². The molecule has 0 bridgehead atoms. The number of Topliss-reactive ketones (excluding diaryl/α,β-unsaturated/α-hetero) is 1. The molecule has 114 valence electrons. The SMILES string of the molecule is COC(=O)/C=C/C=C/[C@H](CCN=[N+]=[N-])OC(=O)CC(C)=O. The van der Waals surface area contributed by atoms with Gasteiger partial charge in [-0.3, -0.25) is 9.59 Å². The number of methoxy groups -OCH3 is 1. The van der Waals surface area contributed by atoms with Gasteiger partial charge < -0.3 is 9.47 Å². The first-order valence-corrected chi connectivity index (χ1v) is 6.12. The van der Waals surface area contributed by atoms with E-state index in [1.165, 1.54) is 38.3 Å². The quantitative estimate of drug-likeness (QED) is 0.122. The van der Waals surface area contributed by atoms with Crippen LogP contribution in [0.15, 0.2) is 29.4 Å². The van der Waals surface area contributed by atoms with Crippen molar-refractivity contribution < 1.29 is 23.9 Å². The van der Waals surface area contributed by atoms with Crippen molar-refractivity contribution in [3.8, 4) is 0 Å². The van der Waals surface area contributed by atoms with Crippen molar-refractivity contribution in [2.75, 3.05) is 13.7 Å². The average Bonchev–Trinajstić information content (AvgIpc) is 2.42. The van der Waals surface area contributed by atoms with Gasteiger partial charge in [-0.1, -0.05) is 17.3 Å². The van der Waals surface area contributed by atoms with E-state index < -0.39 is 18.0 Å². The smallest absolute Gasteiger partial charge is 0.330 e. The Bertz CT molecular complexity index is 478. The molecule has 0 aromatic heterocycles. The molecule has 0 aliphatic heterocycles. The van der Waals surface area contributed by atoms with E-state index in [0.717, 1.165) is 0 Å². The first kappa shape index (κ1) is 18.4. The molecule has 8 heteroatoms. The molecule has 0 saturated carbocycles. The lowest BCUT2D eigenvalue weighted by molar-refractivity contribution is -0.148. The molecule has 0 rings (SSSR count). The molecule has 0 fully saturated rings. The molecule has 0 aromatic carbocycles. The van der Waals surface area contributed by atoms with E-state index >= 15 is 0 Å². The van der Waals surface area contributed by atoms with E-state index in [2.05, 4.69) is 14.8 Å². The number of ether oxygens (including phenoxy) is 2. The van der Waals surface area contributed by atoms with Crippen LogP contribution in [0, 0.1) is 0 Å². The molecular formula is C13H17N3O5. The summed E-state index contributed by atoms with van der Waals surface area (Å²) in [6.45, 7) is 1.42. The Kier molecular flexibility index (Phi) is 9.85.